The number of aryl methyl sites for hydroxylation is 1. The van der Waals surface area contributed by atoms with Gasteiger partial charge in [-0.15, -0.1) is 0 Å². The lowest BCUT2D eigenvalue weighted by atomic mass is 10.00. The van der Waals surface area contributed by atoms with Crippen molar-refractivity contribution in [2.24, 2.45) is 0 Å². The first-order chi connectivity index (χ1) is 9.62. The lowest BCUT2D eigenvalue weighted by molar-refractivity contribution is 0.325. The second kappa shape index (κ2) is 5.74. The third-order valence-electron chi connectivity index (χ3n) is 3.20. The molecule has 0 unspecified atom stereocenters. The van der Waals surface area contributed by atoms with Crippen molar-refractivity contribution in [3.8, 4) is 28.4 Å². The molecule has 0 radical (unpaired) electrons. The molecule has 4 heteroatoms. The van der Waals surface area contributed by atoms with Gasteiger partial charge >= 0.3 is 0 Å². The fourth-order valence-electron chi connectivity index (χ4n) is 2.22. The highest BCUT2D eigenvalue weighted by atomic mass is 16.5. The molecular weight excluding hydrogens is 254 g/mol. The van der Waals surface area contributed by atoms with Gasteiger partial charge < -0.3 is 19.9 Å². The van der Waals surface area contributed by atoms with E-state index in [9.17, 15) is 0 Å². The van der Waals surface area contributed by atoms with E-state index >= 15 is 0 Å². The monoisotopic (exact) mass is 273 g/mol. The average Bonchev–Trinajstić information content (AvgIpc) is 2.47. The minimum absolute atomic E-state index is 0.563. The van der Waals surface area contributed by atoms with Crippen LogP contribution in [0.15, 0.2) is 30.3 Å². The summed E-state index contributed by atoms with van der Waals surface area (Å²) in [5.41, 5.74) is 9.71. The number of benzene rings is 2. The molecule has 0 aromatic heterocycles. The number of ether oxygens (including phenoxy) is 3. The molecule has 0 bridgehead atoms. The molecule has 2 aromatic rings. The Morgan fingerprint density at radius 2 is 1.50 bits per heavy atom. The van der Waals surface area contributed by atoms with Crippen LogP contribution in [0.5, 0.6) is 17.2 Å². The van der Waals surface area contributed by atoms with E-state index in [1.54, 1.807) is 21.3 Å². The summed E-state index contributed by atoms with van der Waals surface area (Å²) < 4.78 is 16.2. The third-order valence-corrected chi connectivity index (χ3v) is 3.20. The number of nitrogens with two attached hydrogens (primary N) is 1. The summed E-state index contributed by atoms with van der Waals surface area (Å²) in [6.07, 6.45) is 0. The molecular formula is C16H19NO3. The minimum atomic E-state index is 0.563. The first kappa shape index (κ1) is 14.1. The van der Waals surface area contributed by atoms with Gasteiger partial charge in [0.15, 0.2) is 11.5 Å². The van der Waals surface area contributed by atoms with Crippen molar-refractivity contribution in [1.82, 2.24) is 0 Å². The summed E-state index contributed by atoms with van der Waals surface area (Å²) in [5.74, 6) is 1.80. The van der Waals surface area contributed by atoms with Crippen LogP contribution in [0, 0.1) is 6.92 Å². The Balaban J connectivity index is 2.71. The molecule has 2 aromatic carbocycles. The van der Waals surface area contributed by atoms with Gasteiger partial charge in [-0.3, -0.25) is 0 Å². The topological polar surface area (TPSA) is 53.7 Å². The molecule has 0 atom stereocenters. The molecule has 0 saturated heterocycles. The van der Waals surface area contributed by atoms with E-state index in [-0.39, 0.29) is 0 Å². The van der Waals surface area contributed by atoms with E-state index < -0.39 is 0 Å². The van der Waals surface area contributed by atoms with E-state index in [4.69, 9.17) is 19.9 Å². The van der Waals surface area contributed by atoms with E-state index in [1.165, 1.54) is 0 Å². The van der Waals surface area contributed by atoms with Crippen LogP contribution in [0.25, 0.3) is 11.1 Å². The van der Waals surface area contributed by atoms with Crippen molar-refractivity contribution in [3.05, 3.63) is 35.9 Å². The zero-order valence-electron chi connectivity index (χ0n) is 12.2. The maximum Gasteiger partial charge on any atom is 0.203 e. The molecule has 20 heavy (non-hydrogen) atoms. The highest BCUT2D eigenvalue weighted by molar-refractivity contribution is 5.84. The predicted octanol–water partition coefficient (Wildman–Crippen LogP) is 3.27. The molecule has 0 heterocycles. The first-order valence-electron chi connectivity index (χ1n) is 6.27. The van der Waals surface area contributed by atoms with Crippen molar-refractivity contribution in [2.45, 2.75) is 6.92 Å². The van der Waals surface area contributed by atoms with Crippen molar-refractivity contribution in [1.29, 1.82) is 0 Å². The number of methoxy groups -OCH3 is 3. The van der Waals surface area contributed by atoms with Crippen molar-refractivity contribution >= 4 is 5.69 Å². The second-order valence-corrected chi connectivity index (χ2v) is 4.47. The van der Waals surface area contributed by atoms with Gasteiger partial charge in [-0.25, -0.2) is 0 Å². The number of hydrogen-bond acceptors (Lipinski definition) is 4. The molecule has 0 fully saturated rings. The molecule has 106 valence electrons. The van der Waals surface area contributed by atoms with Gasteiger partial charge in [0.05, 0.1) is 21.3 Å². The highest BCUT2D eigenvalue weighted by Crippen LogP contribution is 2.45. The highest BCUT2D eigenvalue weighted by Gasteiger charge is 2.18. The maximum atomic E-state index is 6.08. The van der Waals surface area contributed by atoms with Crippen LogP contribution in [0.1, 0.15) is 5.56 Å². The summed E-state index contributed by atoms with van der Waals surface area (Å²) in [7, 11) is 4.79. The Kier molecular flexibility index (Phi) is 4.03. The zero-order chi connectivity index (χ0) is 14.7. The van der Waals surface area contributed by atoms with Crippen LogP contribution in [0.3, 0.4) is 0 Å². The summed E-state index contributed by atoms with van der Waals surface area (Å²) >= 11 is 0. The normalized spacial score (nSPS) is 10.2. The summed E-state index contributed by atoms with van der Waals surface area (Å²) in [4.78, 5) is 0. The molecule has 0 aliphatic rings. The zero-order valence-corrected chi connectivity index (χ0v) is 12.2. The molecule has 0 aliphatic heterocycles. The van der Waals surface area contributed by atoms with Gasteiger partial charge in [0.1, 0.15) is 0 Å². The Morgan fingerprint density at radius 3 is 2.10 bits per heavy atom. The van der Waals surface area contributed by atoms with Crippen LogP contribution in [0.4, 0.5) is 5.69 Å². The van der Waals surface area contributed by atoms with Gasteiger partial charge in [0.25, 0.3) is 0 Å². The van der Waals surface area contributed by atoms with Crippen LogP contribution in [-0.2, 0) is 0 Å². The molecule has 0 saturated carbocycles. The number of anilines is 1. The maximum absolute atomic E-state index is 6.08. The molecule has 0 amide bonds. The van der Waals surface area contributed by atoms with Crippen molar-refractivity contribution in [3.63, 3.8) is 0 Å². The summed E-state index contributed by atoms with van der Waals surface area (Å²) in [6, 6.07) is 9.66. The Morgan fingerprint density at radius 1 is 0.800 bits per heavy atom. The van der Waals surface area contributed by atoms with Gasteiger partial charge in [-0.1, -0.05) is 11.6 Å². The molecule has 0 aliphatic carbocycles. The average molecular weight is 273 g/mol. The SMILES string of the molecule is COc1ccc(-c2cc(C)ccc2N)c(OC)c1OC. The minimum Gasteiger partial charge on any atom is -0.493 e. The van der Waals surface area contributed by atoms with E-state index in [2.05, 4.69) is 0 Å². The standard InChI is InChI=1S/C16H19NO3/c1-10-5-7-13(17)12(9-10)11-6-8-14(18-2)16(20-4)15(11)19-3/h5-9H,17H2,1-4H3. The van der Waals surface area contributed by atoms with Crippen LogP contribution < -0.4 is 19.9 Å². The van der Waals surface area contributed by atoms with E-state index in [1.807, 2.05) is 37.3 Å². The largest absolute Gasteiger partial charge is 0.493 e. The van der Waals surface area contributed by atoms with Crippen LogP contribution in [-0.4, -0.2) is 21.3 Å². The van der Waals surface area contributed by atoms with Crippen LogP contribution >= 0.6 is 0 Å². The Labute approximate surface area is 119 Å². The molecule has 2 N–H and O–H groups in total. The first-order valence-corrected chi connectivity index (χ1v) is 6.27. The van der Waals surface area contributed by atoms with Gasteiger partial charge in [-0.2, -0.15) is 0 Å². The van der Waals surface area contributed by atoms with Gasteiger partial charge in [0.2, 0.25) is 5.75 Å². The summed E-state index contributed by atoms with van der Waals surface area (Å²) in [6.45, 7) is 2.02. The fraction of sp³-hybridized carbons (Fsp3) is 0.250. The van der Waals surface area contributed by atoms with Crippen molar-refractivity contribution < 1.29 is 14.2 Å². The lowest BCUT2D eigenvalue weighted by Gasteiger charge is -2.17. The quantitative estimate of drug-likeness (QED) is 0.869. The fourth-order valence-corrected chi connectivity index (χ4v) is 2.22. The lowest BCUT2D eigenvalue weighted by Crippen LogP contribution is -1.98. The predicted molar refractivity (Wildman–Crippen MR) is 80.7 cm³/mol. The molecule has 2 rings (SSSR count). The third kappa shape index (κ3) is 2.37. The number of rotatable bonds is 4. The van der Waals surface area contributed by atoms with E-state index in [0.29, 0.717) is 22.9 Å². The number of nitrogen functional groups attached to an aromatic ring is 1. The van der Waals surface area contributed by atoms with Gasteiger partial charge in [0, 0.05) is 16.8 Å². The Bertz CT molecular complexity index is 623. The number of hydrogen-bond donors (Lipinski definition) is 1. The van der Waals surface area contributed by atoms with Gasteiger partial charge in [-0.05, 0) is 31.2 Å². The molecule has 4 nitrogen and oxygen atoms in total. The Hall–Kier alpha value is -2.36. The van der Waals surface area contributed by atoms with Crippen molar-refractivity contribution in [2.75, 3.05) is 27.1 Å². The summed E-state index contributed by atoms with van der Waals surface area (Å²) in [5, 5.41) is 0. The smallest absolute Gasteiger partial charge is 0.203 e. The molecule has 0 spiro atoms. The van der Waals surface area contributed by atoms with E-state index in [0.717, 1.165) is 16.7 Å². The second-order valence-electron chi connectivity index (χ2n) is 4.47. The van der Waals surface area contributed by atoms with Crippen LogP contribution in [0.2, 0.25) is 0 Å².